The lowest BCUT2D eigenvalue weighted by Gasteiger charge is -1.31. The summed E-state index contributed by atoms with van der Waals surface area (Å²) in [6.07, 6.45) is 6.35. The fraction of sp³-hybridized carbons (Fsp3) is 0.500. The van der Waals surface area contributed by atoms with Crippen LogP contribution in [0.25, 0.3) is 0 Å². The second-order valence-corrected chi connectivity index (χ2v) is 0.697. The quantitative estimate of drug-likeness (QED) is 0.365. The van der Waals surface area contributed by atoms with E-state index in [1.807, 2.05) is 34.6 Å². The van der Waals surface area contributed by atoms with Crippen LogP contribution in [0.1, 0.15) is 41.5 Å². The van der Waals surface area contributed by atoms with E-state index in [-0.39, 0.29) is 0 Å². The van der Waals surface area contributed by atoms with Crippen LogP contribution in [0.2, 0.25) is 0 Å². The number of terminal acetylenes is 1. The van der Waals surface area contributed by atoms with Crippen molar-refractivity contribution in [1.82, 2.24) is 0 Å². The van der Waals surface area contributed by atoms with Crippen LogP contribution in [0.15, 0.2) is 25.8 Å². The van der Waals surface area contributed by atoms with Gasteiger partial charge in [-0.2, -0.15) is 0 Å². The van der Waals surface area contributed by atoms with Crippen molar-refractivity contribution in [3.63, 3.8) is 0 Å². The topological polar surface area (TPSA) is 0 Å². The first-order valence-corrected chi connectivity index (χ1v) is 4.27. The first-order valence-electron chi connectivity index (χ1n) is 4.27. The van der Waals surface area contributed by atoms with Gasteiger partial charge in [-0.15, -0.1) is 32.1 Å². The van der Waals surface area contributed by atoms with Gasteiger partial charge in [0.15, 0.2) is 0 Å². The summed E-state index contributed by atoms with van der Waals surface area (Å²) >= 11 is 0. The van der Waals surface area contributed by atoms with Crippen LogP contribution in [0, 0.1) is 12.3 Å². The normalized spacial score (nSPS) is 3.08. The van der Waals surface area contributed by atoms with Gasteiger partial charge in [0.25, 0.3) is 0 Å². The van der Waals surface area contributed by atoms with Gasteiger partial charge in [-0.3, -0.25) is 0 Å². The summed E-state index contributed by atoms with van der Waals surface area (Å²) in [6, 6.07) is 0. The summed E-state index contributed by atoms with van der Waals surface area (Å²) in [7, 11) is 0. The molecule has 0 heteroatoms. The Balaban J connectivity index is -0.0000000174. The van der Waals surface area contributed by atoms with Crippen LogP contribution in [0.3, 0.4) is 0 Å². The second kappa shape index (κ2) is 759. The fourth-order valence-electron chi connectivity index (χ4n) is 0. The number of hydrogen-bond donors (Lipinski definition) is 0. The predicted molar refractivity (Wildman–Crippen MR) is 64.3 cm³/mol. The molecule has 0 atom stereocenters. The lowest BCUT2D eigenvalue weighted by atomic mass is 10.8. The Morgan fingerprint density at radius 1 is 1.08 bits per heavy atom. The third-order valence-electron chi connectivity index (χ3n) is 0. The van der Waals surface area contributed by atoms with E-state index in [0.717, 1.165) is 0 Å². The molecule has 0 spiro atoms. The summed E-state index contributed by atoms with van der Waals surface area (Å²) in [5.41, 5.74) is 0. The Morgan fingerprint density at radius 3 is 1.08 bits per heavy atom. The standard InChI is InChI=1S/C3H6.C3H4.2C2H6.C2H4/c2*1-3-2;3*1-2/h3H,1H2,2H3;1H,2H3;2*1-2H3;1-2H2. The molecule has 0 aromatic carbocycles. The van der Waals surface area contributed by atoms with Crippen molar-refractivity contribution in [2.24, 2.45) is 0 Å². The zero-order valence-corrected chi connectivity index (χ0v) is 9.78. The molecule has 0 aliphatic carbocycles. The molecule has 0 N–H and O–H groups in total. The molecule has 0 nitrogen and oxygen atoms in total. The zero-order chi connectivity index (χ0) is 11.4. The highest BCUT2D eigenvalue weighted by atomic mass is 13.2. The molecule has 0 amide bonds. The zero-order valence-electron chi connectivity index (χ0n) is 9.78. The first kappa shape index (κ1) is 30.5. The minimum atomic E-state index is 1.65. The molecule has 0 aliphatic heterocycles. The SMILES string of the molecule is C#CC.C=C.C=CC.CC.CC. The minimum absolute atomic E-state index is 1.65. The average molecular weight is 170 g/mol. The van der Waals surface area contributed by atoms with E-state index in [9.17, 15) is 0 Å². The molecular weight excluding hydrogens is 144 g/mol. The molecule has 74 valence electrons. The summed E-state index contributed by atoms with van der Waals surface area (Å²) < 4.78 is 0. The van der Waals surface area contributed by atoms with E-state index in [2.05, 4.69) is 32.1 Å². The molecule has 0 saturated heterocycles. The molecule has 0 unspecified atom stereocenters. The van der Waals surface area contributed by atoms with Crippen LogP contribution in [0.4, 0.5) is 0 Å². The molecule has 0 radical (unpaired) electrons. The summed E-state index contributed by atoms with van der Waals surface area (Å²) in [4.78, 5) is 0. The Morgan fingerprint density at radius 2 is 1.08 bits per heavy atom. The highest BCUT2D eigenvalue weighted by molar-refractivity contribution is 4.73. The van der Waals surface area contributed by atoms with Crippen LogP contribution in [-0.2, 0) is 0 Å². The number of allylic oxidation sites excluding steroid dienone is 1. The van der Waals surface area contributed by atoms with Crippen molar-refractivity contribution < 1.29 is 0 Å². The van der Waals surface area contributed by atoms with Gasteiger partial charge in [-0.05, 0) is 13.8 Å². The number of rotatable bonds is 0. The van der Waals surface area contributed by atoms with Gasteiger partial charge in [-0.25, -0.2) is 0 Å². The van der Waals surface area contributed by atoms with E-state index >= 15 is 0 Å². The Labute approximate surface area is 80.4 Å². The van der Waals surface area contributed by atoms with Gasteiger partial charge in [0.1, 0.15) is 0 Å². The van der Waals surface area contributed by atoms with E-state index in [4.69, 9.17) is 0 Å². The molecule has 0 aromatic heterocycles. The van der Waals surface area contributed by atoms with E-state index in [1.165, 1.54) is 0 Å². The van der Waals surface area contributed by atoms with E-state index in [0.29, 0.717) is 0 Å². The van der Waals surface area contributed by atoms with Gasteiger partial charge < -0.3 is 0 Å². The van der Waals surface area contributed by atoms with Crippen molar-refractivity contribution in [2.75, 3.05) is 0 Å². The maximum Gasteiger partial charge on any atom is -0.00297 e. The summed E-state index contributed by atoms with van der Waals surface area (Å²) in [5.74, 6) is 2.25. The smallest absolute Gasteiger partial charge is 0.00297 e. The van der Waals surface area contributed by atoms with Crippen molar-refractivity contribution in [3.05, 3.63) is 25.8 Å². The van der Waals surface area contributed by atoms with E-state index < -0.39 is 0 Å². The molecule has 0 saturated carbocycles. The molecule has 0 aliphatic rings. The van der Waals surface area contributed by atoms with Crippen molar-refractivity contribution in [1.29, 1.82) is 0 Å². The lowest BCUT2D eigenvalue weighted by Crippen LogP contribution is -1.10. The molecule has 0 bridgehead atoms. The maximum absolute atomic E-state index is 4.60. The third kappa shape index (κ3) is 634. The largest absolute Gasteiger partial charge is 0.120 e. The third-order valence-corrected chi connectivity index (χ3v) is 0. The fourth-order valence-corrected chi connectivity index (χ4v) is 0. The van der Waals surface area contributed by atoms with Gasteiger partial charge >= 0.3 is 0 Å². The minimum Gasteiger partial charge on any atom is -0.120 e. The Hall–Kier alpha value is -0.960. The van der Waals surface area contributed by atoms with Crippen LogP contribution < -0.4 is 0 Å². The van der Waals surface area contributed by atoms with Crippen LogP contribution in [-0.4, -0.2) is 0 Å². The molecule has 12 heavy (non-hydrogen) atoms. The lowest BCUT2D eigenvalue weighted by molar-refractivity contribution is 1.50. The van der Waals surface area contributed by atoms with Crippen molar-refractivity contribution in [3.8, 4) is 12.3 Å². The highest BCUT2D eigenvalue weighted by Crippen LogP contribution is 1.38. The second-order valence-electron chi connectivity index (χ2n) is 0.697. The van der Waals surface area contributed by atoms with Crippen molar-refractivity contribution >= 4 is 0 Å². The first-order chi connectivity index (χ1) is 5.83. The summed E-state index contributed by atoms with van der Waals surface area (Å²) in [5, 5.41) is 0. The van der Waals surface area contributed by atoms with Gasteiger partial charge in [0.05, 0.1) is 0 Å². The Kier molecular flexibility index (Phi) is 1930. The molecular formula is C12H26. The van der Waals surface area contributed by atoms with Gasteiger partial charge in [0.2, 0.25) is 0 Å². The van der Waals surface area contributed by atoms with Crippen LogP contribution >= 0.6 is 0 Å². The average Bonchev–Trinajstić information content (AvgIpc) is 2.16. The van der Waals surface area contributed by atoms with Gasteiger partial charge in [-0.1, -0.05) is 33.8 Å². The Bertz CT molecular complexity index is 54.9. The highest BCUT2D eigenvalue weighted by Gasteiger charge is 1.15. The van der Waals surface area contributed by atoms with Crippen LogP contribution in [0.5, 0.6) is 0 Å². The summed E-state index contributed by atoms with van der Waals surface area (Å²) in [6.45, 7) is 20.9. The molecule has 0 rings (SSSR count). The van der Waals surface area contributed by atoms with Crippen molar-refractivity contribution in [2.45, 2.75) is 41.5 Å². The molecule has 0 fully saturated rings. The number of hydrogen-bond acceptors (Lipinski definition) is 0. The van der Waals surface area contributed by atoms with Gasteiger partial charge in [0, 0.05) is 0 Å². The molecule has 0 aromatic rings. The predicted octanol–water partition coefficient (Wildman–Crippen LogP) is 4.69. The molecule has 0 heterocycles. The monoisotopic (exact) mass is 170 g/mol. The maximum atomic E-state index is 4.60. The van der Waals surface area contributed by atoms with E-state index in [1.54, 1.807) is 13.0 Å².